The molecule has 1 aliphatic heterocycles. The Morgan fingerprint density at radius 2 is 1.92 bits per heavy atom. The molecule has 140 valence electrons. The maximum Gasteiger partial charge on any atom is 0.129 e. The van der Waals surface area contributed by atoms with Crippen molar-refractivity contribution < 1.29 is 9.47 Å². The summed E-state index contributed by atoms with van der Waals surface area (Å²) in [6.07, 6.45) is 8.48. The summed E-state index contributed by atoms with van der Waals surface area (Å²) in [5.74, 6) is 2.89. The maximum absolute atomic E-state index is 6.34. The standard InChI is InChI=1S/C23H36O2/c1-8-10-11-12-18-14-21-22(23(24-7)19(18)9-2)20(13-15(3)4)16(5)17(6)25-21/h13-14,16-17,20H,8-12H2,1-7H3. The van der Waals surface area contributed by atoms with Crippen LogP contribution >= 0.6 is 0 Å². The van der Waals surface area contributed by atoms with Crippen molar-refractivity contribution in [1.29, 1.82) is 0 Å². The number of methoxy groups -OCH3 is 1. The monoisotopic (exact) mass is 344 g/mol. The van der Waals surface area contributed by atoms with E-state index in [0.717, 1.165) is 24.3 Å². The number of ether oxygens (including phenoxy) is 2. The normalized spacial score (nSPS) is 22.1. The van der Waals surface area contributed by atoms with E-state index in [1.165, 1.54) is 41.5 Å². The van der Waals surface area contributed by atoms with Crippen molar-refractivity contribution in [3.8, 4) is 11.5 Å². The van der Waals surface area contributed by atoms with Crippen LogP contribution in [0.3, 0.4) is 0 Å². The number of unbranched alkanes of at least 4 members (excludes halogenated alkanes) is 2. The minimum atomic E-state index is 0.216. The van der Waals surface area contributed by atoms with Crippen LogP contribution in [-0.4, -0.2) is 13.2 Å². The molecule has 3 unspecified atom stereocenters. The highest BCUT2D eigenvalue weighted by molar-refractivity contribution is 5.58. The molecule has 1 aromatic rings. The van der Waals surface area contributed by atoms with E-state index in [2.05, 4.69) is 53.7 Å². The van der Waals surface area contributed by atoms with Crippen molar-refractivity contribution in [2.24, 2.45) is 5.92 Å². The van der Waals surface area contributed by atoms with Gasteiger partial charge in [-0.25, -0.2) is 0 Å². The SMILES string of the molecule is CCCCCc1cc2c(c(OC)c1CC)C(C=C(C)C)C(C)C(C)O2. The molecular weight excluding hydrogens is 308 g/mol. The third-order valence-corrected chi connectivity index (χ3v) is 5.55. The molecule has 0 aliphatic carbocycles. The van der Waals surface area contributed by atoms with Crippen molar-refractivity contribution in [2.45, 2.75) is 85.7 Å². The van der Waals surface area contributed by atoms with E-state index in [9.17, 15) is 0 Å². The first-order valence-electron chi connectivity index (χ1n) is 9.98. The molecule has 0 radical (unpaired) electrons. The minimum Gasteiger partial charge on any atom is -0.496 e. The highest BCUT2D eigenvalue weighted by Gasteiger charge is 2.35. The molecule has 0 aromatic heterocycles. The summed E-state index contributed by atoms with van der Waals surface area (Å²) in [6.45, 7) is 13.3. The largest absolute Gasteiger partial charge is 0.496 e. The molecule has 2 nitrogen and oxygen atoms in total. The summed E-state index contributed by atoms with van der Waals surface area (Å²) < 4.78 is 12.3. The van der Waals surface area contributed by atoms with Crippen molar-refractivity contribution in [2.75, 3.05) is 7.11 Å². The molecule has 0 amide bonds. The quantitative estimate of drug-likeness (QED) is 0.417. The first-order chi connectivity index (χ1) is 11.9. The molecule has 0 fully saturated rings. The Balaban J connectivity index is 2.60. The zero-order valence-corrected chi connectivity index (χ0v) is 17.2. The Kier molecular flexibility index (Phi) is 6.98. The van der Waals surface area contributed by atoms with Gasteiger partial charge in [0.05, 0.1) is 13.2 Å². The zero-order valence-electron chi connectivity index (χ0n) is 17.2. The number of rotatable bonds is 7. The lowest BCUT2D eigenvalue weighted by atomic mass is 9.78. The average molecular weight is 345 g/mol. The van der Waals surface area contributed by atoms with Crippen molar-refractivity contribution in [3.63, 3.8) is 0 Å². The Labute approximate surface area is 154 Å². The van der Waals surface area contributed by atoms with Gasteiger partial charge >= 0.3 is 0 Å². The zero-order chi connectivity index (χ0) is 18.6. The summed E-state index contributed by atoms with van der Waals surface area (Å²) in [5.41, 5.74) is 5.38. The Bertz CT molecular complexity index is 611. The van der Waals surface area contributed by atoms with Crippen molar-refractivity contribution in [3.05, 3.63) is 34.4 Å². The number of hydrogen-bond acceptors (Lipinski definition) is 2. The van der Waals surface area contributed by atoms with Crippen LogP contribution in [-0.2, 0) is 12.8 Å². The van der Waals surface area contributed by atoms with Gasteiger partial charge in [-0.3, -0.25) is 0 Å². The fraction of sp³-hybridized carbons (Fsp3) is 0.652. The summed E-state index contributed by atoms with van der Waals surface area (Å²) in [7, 11) is 1.81. The fourth-order valence-electron chi connectivity index (χ4n) is 4.02. The minimum absolute atomic E-state index is 0.216. The van der Waals surface area contributed by atoms with Gasteiger partial charge in [-0.2, -0.15) is 0 Å². The smallest absolute Gasteiger partial charge is 0.129 e. The predicted molar refractivity (Wildman–Crippen MR) is 107 cm³/mol. The lowest BCUT2D eigenvalue weighted by Crippen LogP contribution is -2.32. The van der Waals surface area contributed by atoms with E-state index >= 15 is 0 Å². The molecular formula is C23H36O2. The van der Waals surface area contributed by atoms with Gasteiger partial charge in [0, 0.05) is 17.4 Å². The van der Waals surface area contributed by atoms with E-state index in [-0.39, 0.29) is 6.10 Å². The molecule has 1 heterocycles. The third-order valence-electron chi connectivity index (χ3n) is 5.55. The van der Waals surface area contributed by atoms with Gasteiger partial charge in [-0.1, -0.05) is 45.3 Å². The second-order valence-corrected chi connectivity index (χ2v) is 7.72. The topological polar surface area (TPSA) is 18.5 Å². The van der Waals surface area contributed by atoms with Crippen LogP contribution in [0, 0.1) is 5.92 Å². The van der Waals surface area contributed by atoms with Crippen LogP contribution < -0.4 is 9.47 Å². The molecule has 0 saturated carbocycles. The Morgan fingerprint density at radius 3 is 2.48 bits per heavy atom. The third kappa shape index (κ3) is 4.22. The van der Waals surface area contributed by atoms with Crippen molar-refractivity contribution in [1.82, 2.24) is 0 Å². The summed E-state index contributed by atoms with van der Waals surface area (Å²) in [6, 6.07) is 2.31. The van der Waals surface area contributed by atoms with Crippen LogP contribution in [0.2, 0.25) is 0 Å². The molecule has 1 aliphatic rings. The highest BCUT2D eigenvalue weighted by atomic mass is 16.5. The van der Waals surface area contributed by atoms with E-state index in [4.69, 9.17) is 9.47 Å². The van der Waals surface area contributed by atoms with Crippen LogP contribution in [0.25, 0.3) is 0 Å². The van der Waals surface area contributed by atoms with Gasteiger partial charge in [0.15, 0.2) is 0 Å². The van der Waals surface area contributed by atoms with Gasteiger partial charge in [0.25, 0.3) is 0 Å². The van der Waals surface area contributed by atoms with Crippen LogP contribution in [0.1, 0.15) is 83.4 Å². The van der Waals surface area contributed by atoms with Gasteiger partial charge < -0.3 is 9.47 Å². The van der Waals surface area contributed by atoms with E-state index in [1.54, 1.807) is 0 Å². The number of allylic oxidation sites excluding steroid dienone is 2. The summed E-state index contributed by atoms with van der Waals surface area (Å²) >= 11 is 0. The number of fused-ring (bicyclic) bond motifs is 1. The van der Waals surface area contributed by atoms with Crippen LogP contribution in [0.5, 0.6) is 11.5 Å². The number of hydrogen-bond donors (Lipinski definition) is 0. The molecule has 25 heavy (non-hydrogen) atoms. The Morgan fingerprint density at radius 1 is 1.20 bits per heavy atom. The second-order valence-electron chi connectivity index (χ2n) is 7.72. The van der Waals surface area contributed by atoms with Crippen molar-refractivity contribution >= 4 is 0 Å². The molecule has 1 aromatic carbocycles. The molecule has 0 N–H and O–H groups in total. The van der Waals surface area contributed by atoms with Crippen LogP contribution in [0.15, 0.2) is 17.7 Å². The van der Waals surface area contributed by atoms with E-state index in [1.807, 2.05) is 7.11 Å². The van der Waals surface area contributed by atoms with E-state index in [0.29, 0.717) is 11.8 Å². The van der Waals surface area contributed by atoms with Gasteiger partial charge in [-0.05, 0) is 57.2 Å². The molecule has 0 bridgehead atoms. The first kappa shape index (κ1) is 19.9. The second kappa shape index (κ2) is 8.78. The fourth-order valence-corrected chi connectivity index (χ4v) is 4.02. The molecule has 3 atom stereocenters. The van der Waals surface area contributed by atoms with Gasteiger partial charge in [0.2, 0.25) is 0 Å². The summed E-state index contributed by atoms with van der Waals surface area (Å²) in [4.78, 5) is 0. The van der Waals surface area contributed by atoms with Crippen LogP contribution in [0.4, 0.5) is 0 Å². The molecule has 2 heteroatoms. The summed E-state index contributed by atoms with van der Waals surface area (Å²) in [5, 5.41) is 0. The molecule has 2 rings (SSSR count). The first-order valence-corrected chi connectivity index (χ1v) is 9.98. The van der Waals surface area contributed by atoms with E-state index < -0.39 is 0 Å². The number of benzene rings is 1. The van der Waals surface area contributed by atoms with Gasteiger partial charge in [0.1, 0.15) is 11.5 Å². The number of aryl methyl sites for hydroxylation is 1. The lowest BCUT2D eigenvalue weighted by Gasteiger charge is -2.37. The average Bonchev–Trinajstić information content (AvgIpc) is 2.57. The molecule has 0 spiro atoms. The molecule has 0 saturated heterocycles. The Hall–Kier alpha value is -1.44. The van der Waals surface area contributed by atoms with Gasteiger partial charge in [-0.15, -0.1) is 0 Å². The lowest BCUT2D eigenvalue weighted by molar-refractivity contribution is 0.126. The predicted octanol–water partition coefficient (Wildman–Crippen LogP) is 6.46. The maximum atomic E-state index is 6.34. The highest BCUT2D eigenvalue weighted by Crippen LogP contribution is 2.48.